The van der Waals surface area contributed by atoms with Gasteiger partial charge in [-0.05, 0) is 49.3 Å². The van der Waals surface area contributed by atoms with E-state index in [1.807, 2.05) is 4.90 Å². The molecule has 10 heteroatoms. The van der Waals surface area contributed by atoms with Crippen LogP contribution in [-0.4, -0.2) is 74.1 Å². The molecule has 0 saturated carbocycles. The molecule has 27 heavy (non-hydrogen) atoms. The zero-order chi connectivity index (χ0) is 19.4. The van der Waals surface area contributed by atoms with Crippen molar-refractivity contribution in [3.05, 3.63) is 29.8 Å². The van der Waals surface area contributed by atoms with Crippen molar-refractivity contribution in [3.63, 3.8) is 0 Å². The highest BCUT2D eigenvalue weighted by Gasteiger charge is 2.29. The lowest BCUT2D eigenvalue weighted by atomic mass is 10.2. The van der Waals surface area contributed by atoms with E-state index < -0.39 is 15.9 Å². The maximum atomic E-state index is 12.8. The van der Waals surface area contributed by atoms with Crippen molar-refractivity contribution in [2.24, 2.45) is 5.73 Å². The minimum Gasteiger partial charge on any atom is -0.376 e. The number of amides is 1. The van der Waals surface area contributed by atoms with Crippen LogP contribution in [0.25, 0.3) is 0 Å². The van der Waals surface area contributed by atoms with E-state index >= 15 is 0 Å². The maximum absolute atomic E-state index is 12.8. The van der Waals surface area contributed by atoms with Gasteiger partial charge in [-0.15, -0.1) is 0 Å². The molecule has 2 heterocycles. The number of benzene rings is 1. The number of nitrogens with zero attached hydrogens (tertiary/aromatic N) is 2. The van der Waals surface area contributed by atoms with Crippen molar-refractivity contribution in [2.45, 2.75) is 23.8 Å². The Balaban J connectivity index is 1.54. The lowest BCUT2D eigenvalue weighted by Crippen LogP contribution is -2.53. The molecule has 3 N–H and O–H groups in total. The number of carbonyl (C=O) groups excluding carboxylic acids is 1. The lowest BCUT2D eigenvalue weighted by molar-refractivity contribution is 0.1000. The highest BCUT2D eigenvalue weighted by molar-refractivity contribution is 7.89. The number of carbonyl (C=O) groups is 1. The topological polar surface area (TPSA) is 105 Å². The molecule has 0 unspecified atom stereocenters. The Morgan fingerprint density at radius 1 is 1.22 bits per heavy atom. The Labute approximate surface area is 164 Å². The SMILES string of the molecule is NC(=O)c1ccc(S(=O)(=O)N2CCN(C(=S)NC[C@H]3CCCO3)CC2)cc1. The van der Waals surface area contributed by atoms with Crippen LogP contribution in [0, 0.1) is 0 Å². The summed E-state index contributed by atoms with van der Waals surface area (Å²) in [4.78, 5) is 13.3. The number of rotatable bonds is 5. The van der Waals surface area contributed by atoms with Crippen LogP contribution in [0.4, 0.5) is 0 Å². The molecule has 1 amide bonds. The molecule has 2 saturated heterocycles. The molecule has 2 fully saturated rings. The van der Waals surface area contributed by atoms with Crippen molar-refractivity contribution in [1.82, 2.24) is 14.5 Å². The molecule has 1 aromatic rings. The lowest BCUT2D eigenvalue weighted by Gasteiger charge is -2.35. The second-order valence-electron chi connectivity index (χ2n) is 6.60. The predicted molar refractivity (Wildman–Crippen MR) is 105 cm³/mol. The quantitative estimate of drug-likeness (QED) is 0.663. The van der Waals surface area contributed by atoms with Crippen LogP contribution in [0.15, 0.2) is 29.2 Å². The fraction of sp³-hybridized carbons (Fsp3) is 0.529. The highest BCUT2D eigenvalue weighted by atomic mass is 32.2. The van der Waals surface area contributed by atoms with Crippen LogP contribution in [0.2, 0.25) is 0 Å². The summed E-state index contributed by atoms with van der Waals surface area (Å²) in [6.07, 6.45) is 2.32. The van der Waals surface area contributed by atoms with E-state index in [-0.39, 0.29) is 16.6 Å². The molecule has 0 bridgehead atoms. The van der Waals surface area contributed by atoms with Crippen LogP contribution in [0.3, 0.4) is 0 Å². The van der Waals surface area contributed by atoms with E-state index in [9.17, 15) is 13.2 Å². The summed E-state index contributed by atoms with van der Waals surface area (Å²) >= 11 is 5.42. The van der Waals surface area contributed by atoms with E-state index in [0.717, 1.165) is 19.4 Å². The van der Waals surface area contributed by atoms with Crippen LogP contribution in [0.5, 0.6) is 0 Å². The van der Waals surface area contributed by atoms with E-state index in [1.165, 1.54) is 28.6 Å². The maximum Gasteiger partial charge on any atom is 0.248 e. The predicted octanol–water partition coefficient (Wildman–Crippen LogP) is 0.145. The normalized spacial score (nSPS) is 21.2. The smallest absolute Gasteiger partial charge is 0.248 e. The van der Waals surface area contributed by atoms with Crippen LogP contribution in [0.1, 0.15) is 23.2 Å². The first kappa shape index (κ1) is 20.0. The molecule has 1 aromatic carbocycles. The zero-order valence-electron chi connectivity index (χ0n) is 15.0. The van der Waals surface area contributed by atoms with Gasteiger partial charge in [-0.1, -0.05) is 0 Å². The molecule has 148 valence electrons. The molecular formula is C17H24N4O4S2. The summed E-state index contributed by atoms with van der Waals surface area (Å²) < 4.78 is 32.5. The van der Waals surface area contributed by atoms with Gasteiger partial charge in [0, 0.05) is 44.9 Å². The van der Waals surface area contributed by atoms with Crippen molar-refractivity contribution in [1.29, 1.82) is 0 Å². The van der Waals surface area contributed by atoms with Gasteiger partial charge in [-0.2, -0.15) is 4.31 Å². The first-order valence-corrected chi connectivity index (χ1v) is 10.8. The second kappa shape index (κ2) is 8.51. The molecule has 2 aliphatic heterocycles. The monoisotopic (exact) mass is 412 g/mol. The largest absolute Gasteiger partial charge is 0.376 e. The van der Waals surface area contributed by atoms with Crippen LogP contribution >= 0.6 is 12.2 Å². The summed E-state index contributed by atoms with van der Waals surface area (Å²) in [5.41, 5.74) is 5.47. The third-order valence-corrected chi connectivity index (χ3v) is 7.12. The van der Waals surface area contributed by atoms with Gasteiger partial charge in [0.15, 0.2) is 5.11 Å². The number of nitrogens with two attached hydrogens (primary N) is 1. The standard InChI is InChI=1S/C17H24N4O4S2/c18-16(22)13-3-5-15(6-4-13)27(23,24)21-9-7-20(8-10-21)17(26)19-12-14-2-1-11-25-14/h3-6,14H,1-2,7-12H2,(H2,18,22)(H,19,26)/t14-/m1/s1. The van der Waals surface area contributed by atoms with Gasteiger partial charge in [0.05, 0.1) is 11.0 Å². The number of ether oxygens (including phenoxy) is 1. The molecule has 0 aromatic heterocycles. The molecule has 0 spiro atoms. The number of primary amides is 1. The highest BCUT2D eigenvalue weighted by Crippen LogP contribution is 2.18. The van der Waals surface area contributed by atoms with Crippen molar-refractivity contribution < 1.29 is 17.9 Å². The second-order valence-corrected chi connectivity index (χ2v) is 8.93. The van der Waals surface area contributed by atoms with Gasteiger partial charge >= 0.3 is 0 Å². The Bertz CT molecular complexity index is 784. The van der Waals surface area contributed by atoms with E-state index in [0.29, 0.717) is 37.8 Å². The fourth-order valence-corrected chi connectivity index (χ4v) is 4.88. The number of piperazine rings is 1. The minimum atomic E-state index is -3.61. The van der Waals surface area contributed by atoms with E-state index in [4.69, 9.17) is 22.7 Å². The Morgan fingerprint density at radius 2 is 1.89 bits per heavy atom. The minimum absolute atomic E-state index is 0.153. The summed E-state index contributed by atoms with van der Waals surface area (Å²) in [6.45, 7) is 3.23. The van der Waals surface area contributed by atoms with Gasteiger partial charge in [-0.3, -0.25) is 4.79 Å². The molecular weight excluding hydrogens is 388 g/mol. The number of nitrogens with one attached hydrogen (secondary N) is 1. The van der Waals surface area contributed by atoms with Crippen LogP contribution in [-0.2, 0) is 14.8 Å². The third-order valence-electron chi connectivity index (χ3n) is 4.81. The van der Waals surface area contributed by atoms with E-state index in [1.54, 1.807) is 0 Å². The Morgan fingerprint density at radius 3 is 2.44 bits per heavy atom. The van der Waals surface area contributed by atoms with Gasteiger partial charge < -0.3 is 20.7 Å². The van der Waals surface area contributed by atoms with Crippen LogP contribution < -0.4 is 11.1 Å². The average Bonchev–Trinajstić information content (AvgIpc) is 3.20. The molecule has 1 atom stereocenters. The fourth-order valence-electron chi connectivity index (χ4n) is 3.19. The van der Waals surface area contributed by atoms with Crippen molar-refractivity contribution in [2.75, 3.05) is 39.3 Å². The van der Waals surface area contributed by atoms with Crippen molar-refractivity contribution >= 4 is 33.3 Å². The van der Waals surface area contributed by atoms with Gasteiger partial charge in [0.25, 0.3) is 0 Å². The van der Waals surface area contributed by atoms with Gasteiger partial charge in [0.1, 0.15) is 0 Å². The number of sulfonamides is 1. The Kier molecular flexibility index (Phi) is 6.30. The van der Waals surface area contributed by atoms with E-state index in [2.05, 4.69) is 5.32 Å². The third kappa shape index (κ3) is 4.75. The first-order valence-electron chi connectivity index (χ1n) is 8.92. The molecule has 8 nitrogen and oxygen atoms in total. The average molecular weight is 413 g/mol. The molecule has 0 aliphatic carbocycles. The molecule has 2 aliphatic rings. The zero-order valence-corrected chi connectivity index (χ0v) is 16.6. The summed E-state index contributed by atoms with van der Waals surface area (Å²) in [7, 11) is -3.61. The van der Waals surface area contributed by atoms with Gasteiger partial charge in [0.2, 0.25) is 15.9 Å². The molecule has 0 radical (unpaired) electrons. The number of hydrogen-bond donors (Lipinski definition) is 2. The summed E-state index contributed by atoms with van der Waals surface area (Å²) in [6, 6.07) is 5.68. The number of hydrogen-bond acceptors (Lipinski definition) is 5. The first-order chi connectivity index (χ1) is 12.9. The molecule has 3 rings (SSSR count). The van der Waals surface area contributed by atoms with Gasteiger partial charge in [-0.25, -0.2) is 8.42 Å². The number of thiocarbonyl (C=S) groups is 1. The Hall–Kier alpha value is -1.75. The summed E-state index contributed by atoms with van der Waals surface area (Å²) in [5.74, 6) is -0.587. The summed E-state index contributed by atoms with van der Waals surface area (Å²) in [5, 5.41) is 3.85. The van der Waals surface area contributed by atoms with Crippen molar-refractivity contribution in [3.8, 4) is 0 Å².